The number of likely N-dealkylation sites (N-methyl/N-ethyl adjacent to an activating group) is 1. The van der Waals surface area contributed by atoms with E-state index in [-0.39, 0.29) is 19.1 Å². The molecule has 2 N–H and O–H groups in total. The van der Waals surface area contributed by atoms with Crippen molar-refractivity contribution in [2.45, 2.75) is 31.8 Å². The maximum absolute atomic E-state index is 12.0. The Balaban J connectivity index is 2.16. The molecule has 1 fully saturated rings. The van der Waals surface area contributed by atoms with Crippen LogP contribution in [0.15, 0.2) is 19.7 Å². The number of hydrogen-bond donors (Lipinski definition) is 2. The van der Waals surface area contributed by atoms with E-state index in [4.69, 9.17) is 14.3 Å². The number of amides is 1. The molecule has 10 nitrogen and oxygen atoms in total. The van der Waals surface area contributed by atoms with Crippen molar-refractivity contribution < 1.29 is 36.3 Å². The van der Waals surface area contributed by atoms with Crippen molar-refractivity contribution in [3.05, 3.63) is 32.6 Å². The van der Waals surface area contributed by atoms with Gasteiger partial charge in [-0.2, -0.15) is 0 Å². The Kier molecular flexibility index (Phi) is 6.64. The summed E-state index contributed by atoms with van der Waals surface area (Å²) in [4.78, 5) is 42.0. The van der Waals surface area contributed by atoms with Gasteiger partial charge in [0.15, 0.2) is 0 Å². The molecule has 131 valence electrons. The van der Waals surface area contributed by atoms with Gasteiger partial charge in [0.1, 0.15) is 0 Å². The van der Waals surface area contributed by atoms with E-state index < -0.39 is 29.7 Å². The third kappa shape index (κ3) is 4.49. The Morgan fingerprint density at radius 1 is 1.58 bits per heavy atom. The van der Waals surface area contributed by atoms with Gasteiger partial charge < -0.3 is 0 Å². The molecule has 0 aromatic carbocycles. The van der Waals surface area contributed by atoms with E-state index in [9.17, 15) is 14.4 Å². The van der Waals surface area contributed by atoms with Crippen LogP contribution in [0.4, 0.5) is 0 Å². The van der Waals surface area contributed by atoms with Crippen LogP contribution in [0.25, 0.3) is 0 Å². The molecule has 0 aliphatic carbocycles. The number of carbonyl (C=O) groups excluding carboxylic acids is 1. The van der Waals surface area contributed by atoms with Crippen LogP contribution in [-0.4, -0.2) is 47.9 Å². The molecule has 24 heavy (non-hydrogen) atoms. The van der Waals surface area contributed by atoms with E-state index in [1.807, 2.05) is 17.2 Å². The molecule has 0 spiro atoms. The van der Waals surface area contributed by atoms with E-state index in [0.717, 1.165) is 0 Å². The Labute approximate surface area is 146 Å². The van der Waals surface area contributed by atoms with Crippen molar-refractivity contribution >= 4 is 5.91 Å². The molecule has 1 aromatic rings. The summed E-state index contributed by atoms with van der Waals surface area (Å²) in [6, 6.07) is 0. The first-order chi connectivity index (χ1) is 11.5. The normalized spacial score (nSPS) is 23.1. The summed E-state index contributed by atoms with van der Waals surface area (Å²) >= 11 is 1.92. The van der Waals surface area contributed by atoms with Gasteiger partial charge in [0.05, 0.1) is 0 Å². The average Bonchev–Trinajstić information content (AvgIpc) is 2.96. The molecule has 3 unspecified atom stereocenters. The minimum absolute atomic E-state index is 0.112. The zero-order valence-electron chi connectivity index (χ0n) is 13.2. The van der Waals surface area contributed by atoms with Crippen LogP contribution >= 0.6 is 0 Å². The molecular weight excluding hydrogens is 359 g/mol. The molecule has 2 rings (SSSR count). The van der Waals surface area contributed by atoms with Crippen LogP contribution in [0.1, 0.15) is 18.2 Å². The molecule has 11 heteroatoms. The van der Waals surface area contributed by atoms with Crippen LogP contribution in [-0.2, 0) is 36.3 Å². The summed E-state index contributed by atoms with van der Waals surface area (Å²) in [6.07, 6.45) is 0.163. The van der Waals surface area contributed by atoms with E-state index in [1.54, 1.807) is 6.92 Å². The number of hydrogen-bond acceptors (Lipinski definition) is 7. The maximum atomic E-state index is 12.0. The number of aryl methyl sites for hydroxylation is 1. The van der Waals surface area contributed by atoms with Gasteiger partial charge in [-0.25, -0.2) is 0 Å². The minimum atomic E-state index is -0.636. The third-order valence-corrected chi connectivity index (χ3v) is 3.82. The van der Waals surface area contributed by atoms with Gasteiger partial charge >= 0.3 is 146 Å². The van der Waals surface area contributed by atoms with E-state index in [2.05, 4.69) is 14.3 Å². The summed E-state index contributed by atoms with van der Waals surface area (Å²) in [5, 5.41) is 2.46. The average molecular weight is 377 g/mol. The Hall–Kier alpha value is -1.59. The number of H-pyrrole nitrogens is 1. The van der Waals surface area contributed by atoms with Crippen molar-refractivity contribution in [3.63, 3.8) is 0 Å². The number of nitrogens with zero attached hydrogens (tertiary/aromatic N) is 2. The number of rotatable bonds is 7. The second kappa shape index (κ2) is 8.49. The molecule has 2 heterocycles. The number of aromatic amines is 1. The molecule has 1 amide bonds. The molecule has 1 aromatic heterocycles. The van der Waals surface area contributed by atoms with E-state index in [0.29, 0.717) is 12.0 Å². The van der Waals surface area contributed by atoms with Crippen molar-refractivity contribution in [3.8, 4) is 0 Å². The van der Waals surface area contributed by atoms with E-state index >= 15 is 0 Å². The molecule has 0 bridgehead atoms. The van der Waals surface area contributed by atoms with Crippen LogP contribution in [0, 0.1) is 6.92 Å². The zero-order chi connectivity index (χ0) is 17.7. The fourth-order valence-electron chi connectivity index (χ4n) is 2.36. The first-order valence-electron chi connectivity index (χ1n) is 7.22. The molecule has 1 aliphatic heterocycles. The second-order valence-corrected chi connectivity index (χ2v) is 5.50. The quantitative estimate of drug-likeness (QED) is 0.583. The molecular formula is C13H18N4O6V. The van der Waals surface area contributed by atoms with Gasteiger partial charge in [-0.3, -0.25) is 0 Å². The molecule has 1 saturated heterocycles. The Morgan fingerprint density at radius 3 is 3.00 bits per heavy atom. The predicted octanol–water partition coefficient (Wildman–Crippen LogP) is -1.07. The first kappa shape index (κ1) is 18.7. The Morgan fingerprint density at radius 2 is 2.33 bits per heavy atom. The molecule has 0 radical (unpaired) electrons. The number of aromatic nitrogens is 2. The summed E-state index contributed by atoms with van der Waals surface area (Å²) in [6.45, 7) is 1.57. The third-order valence-electron chi connectivity index (χ3n) is 3.64. The van der Waals surface area contributed by atoms with Crippen molar-refractivity contribution in [2.24, 2.45) is 3.95 Å². The van der Waals surface area contributed by atoms with Gasteiger partial charge in [-0.05, 0) is 0 Å². The summed E-state index contributed by atoms with van der Waals surface area (Å²) < 4.78 is 16.1. The monoisotopic (exact) mass is 377 g/mol. The zero-order valence-corrected chi connectivity index (χ0v) is 14.6. The van der Waals surface area contributed by atoms with Gasteiger partial charge in [-0.15, -0.1) is 0 Å². The fraction of sp³-hybridized carbons (Fsp3) is 0.615. The predicted molar refractivity (Wildman–Crippen MR) is 76.8 cm³/mol. The van der Waals surface area contributed by atoms with Gasteiger partial charge in [0.2, 0.25) is 0 Å². The van der Waals surface area contributed by atoms with Crippen LogP contribution in [0.5, 0.6) is 0 Å². The van der Waals surface area contributed by atoms with Crippen molar-refractivity contribution in [2.75, 3.05) is 20.3 Å². The molecule has 1 aliphatic rings. The topological polar surface area (TPSA) is 124 Å². The summed E-state index contributed by atoms with van der Waals surface area (Å²) in [5.74, 6) is -0.271. The first-order valence-corrected chi connectivity index (χ1v) is 7.84. The van der Waals surface area contributed by atoms with Gasteiger partial charge in [-0.1, -0.05) is 0 Å². The van der Waals surface area contributed by atoms with Crippen LogP contribution in [0.2, 0.25) is 0 Å². The van der Waals surface area contributed by atoms with Crippen molar-refractivity contribution in [1.29, 1.82) is 0 Å². The Bertz CT molecular complexity index is 717. The van der Waals surface area contributed by atoms with Crippen molar-refractivity contribution in [1.82, 2.24) is 14.9 Å². The van der Waals surface area contributed by atoms with Gasteiger partial charge in [0.25, 0.3) is 0 Å². The fourth-order valence-corrected chi connectivity index (χ4v) is 2.46. The number of carbonyl (C=O) groups is 1. The number of nitrogens with one attached hydrogen (secondary N) is 2. The number of ether oxygens (including phenoxy) is 2. The summed E-state index contributed by atoms with van der Waals surface area (Å²) in [5.41, 5.74) is -0.621. The molecule has 0 saturated carbocycles. The van der Waals surface area contributed by atoms with Crippen LogP contribution in [0.3, 0.4) is 0 Å². The second-order valence-electron chi connectivity index (χ2n) is 5.24. The standard InChI is InChI=1S/C13H18N4O6.V/c1-7-4-17(13(20)16-12(7)19)11-3-8(9(23-11)5-22-14)21-6-10(18)15-2;/h4,8-9,11H,3,5-6H2,1-2H3,(H,15,18)(H,16,19,20);. The van der Waals surface area contributed by atoms with E-state index in [1.165, 1.54) is 17.8 Å². The van der Waals surface area contributed by atoms with Gasteiger partial charge in [0, 0.05) is 0 Å². The summed E-state index contributed by atoms with van der Waals surface area (Å²) in [7, 11) is 1.51. The van der Waals surface area contributed by atoms with Crippen LogP contribution < -0.4 is 16.6 Å². The molecule has 3 atom stereocenters. The SMILES string of the molecule is CNC(=O)COC1CC(n2cc(C)c(=O)[nH]c2=O)OC1CO[N]=[V].